The van der Waals surface area contributed by atoms with E-state index in [9.17, 15) is 9.50 Å². The number of nitrogens with two attached hydrogens (primary N) is 1. The van der Waals surface area contributed by atoms with Crippen molar-refractivity contribution in [1.82, 2.24) is 10.2 Å². The largest absolute Gasteiger partial charge is 0.505 e. The molecule has 2 fully saturated rings. The Labute approximate surface area is 154 Å². The fourth-order valence-corrected chi connectivity index (χ4v) is 3.61. The smallest absolute Gasteiger partial charge is 0.143 e. The average molecular weight is 382 g/mol. The highest BCUT2D eigenvalue weighted by atomic mass is 35.5. The molecule has 2 heterocycles. The molecule has 4 N–H and O–H groups in total. The lowest BCUT2D eigenvalue weighted by molar-refractivity contribution is 0.0206. The summed E-state index contributed by atoms with van der Waals surface area (Å²) in [5.74, 6) is -0.0205. The predicted molar refractivity (Wildman–Crippen MR) is 97.7 cm³/mol. The Kier molecular flexibility index (Phi) is 8.53. The van der Waals surface area contributed by atoms with E-state index >= 15 is 0 Å². The third-order valence-corrected chi connectivity index (χ3v) is 4.71. The van der Waals surface area contributed by atoms with Gasteiger partial charge in [-0.3, -0.25) is 4.90 Å². The number of anilines is 1. The standard InChI is InChI=1S/C16H24FN3O2.2ClH/c17-12-9-13(16(21)14(18)10-12)15(11-1-7-22-8-2-11)20-5-3-19-4-6-20;;/h9-11,15,19,21H,1-8,18H2;2*1H/t15-;;/m1../s1. The number of phenols is 1. The second-order valence-corrected chi connectivity index (χ2v) is 6.11. The maximum atomic E-state index is 13.9. The van der Waals surface area contributed by atoms with Crippen molar-refractivity contribution >= 4 is 30.5 Å². The van der Waals surface area contributed by atoms with Gasteiger partial charge in [-0.2, -0.15) is 0 Å². The van der Waals surface area contributed by atoms with Crippen molar-refractivity contribution in [2.75, 3.05) is 45.1 Å². The van der Waals surface area contributed by atoms with Gasteiger partial charge in [0, 0.05) is 57.1 Å². The summed E-state index contributed by atoms with van der Waals surface area (Å²) in [5, 5.41) is 13.7. The molecule has 1 atom stereocenters. The molecule has 0 aromatic heterocycles. The van der Waals surface area contributed by atoms with E-state index in [1.165, 1.54) is 12.1 Å². The molecular formula is C16H26Cl2FN3O2. The van der Waals surface area contributed by atoms with E-state index in [1.54, 1.807) is 0 Å². The molecule has 24 heavy (non-hydrogen) atoms. The van der Waals surface area contributed by atoms with Crippen LogP contribution in [0.25, 0.3) is 0 Å². The summed E-state index contributed by atoms with van der Waals surface area (Å²) in [6, 6.07) is 2.61. The van der Waals surface area contributed by atoms with Crippen LogP contribution in [0.5, 0.6) is 5.75 Å². The summed E-state index contributed by atoms with van der Waals surface area (Å²) in [7, 11) is 0. The molecule has 0 radical (unpaired) electrons. The summed E-state index contributed by atoms with van der Waals surface area (Å²) >= 11 is 0. The van der Waals surface area contributed by atoms with Crippen molar-refractivity contribution in [3.8, 4) is 5.75 Å². The van der Waals surface area contributed by atoms with Crippen LogP contribution in [-0.2, 0) is 4.74 Å². The van der Waals surface area contributed by atoms with Gasteiger partial charge in [-0.1, -0.05) is 0 Å². The molecule has 1 aromatic carbocycles. The minimum absolute atomic E-state index is 0. The Balaban J connectivity index is 0.00000144. The van der Waals surface area contributed by atoms with Gasteiger partial charge in [-0.05, 0) is 24.8 Å². The molecule has 1 aromatic rings. The van der Waals surface area contributed by atoms with Crippen LogP contribution in [0.4, 0.5) is 10.1 Å². The van der Waals surface area contributed by atoms with Crippen LogP contribution in [-0.4, -0.2) is 49.4 Å². The second kappa shape index (κ2) is 9.63. The van der Waals surface area contributed by atoms with Crippen LogP contribution in [0, 0.1) is 11.7 Å². The normalized spacial score (nSPS) is 20.7. The van der Waals surface area contributed by atoms with Crippen molar-refractivity contribution in [2.45, 2.75) is 18.9 Å². The number of hydrogen-bond donors (Lipinski definition) is 3. The number of rotatable bonds is 3. The minimum Gasteiger partial charge on any atom is -0.505 e. The maximum Gasteiger partial charge on any atom is 0.143 e. The van der Waals surface area contributed by atoms with Crippen LogP contribution < -0.4 is 11.1 Å². The van der Waals surface area contributed by atoms with E-state index in [0.717, 1.165) is 52.2 Å². The predicted octanol–water partition coefficient (Wildman–Crippen LogP) is 2.33. The van der Waals surface area contributed by atoms with Gasteiger partial charge in [0.1, 0.15) is 11.6 Å². The zero-order chi connectivity index (χ0) is 15.5. The summed E-state index contributed by atoms with van der Waals surface area (Å²) in [6.07, 6.45) is 1.84. The fraction of sp³-hybridized carbons (Fsp3) is 0.625. The highest BCUT2D eigenvalue weighted by molar-refractivity contribution is 5.85. The molecule has 0 aliphatic carbocycles. The lowest BCUT2D eigenvalue weighted by atomic mass is 9.85. The van der Waals surface area contributed by atoms with Gasteiger partial charge in [0.05, 0.1) is 5.69 Å². The third-order valence-electron chi connectivity index (χ3n) is 4.71. The van der Waals surface area contributed by atoms with Crippen LogP contribution in [0.2, 0.25) is 0 Å². The SMILES string of the molecule is Cl.Cl.Nc1cc(F)cc([C@@H](C2CCOCC2)N2CCNCC2)c1O. The summed E-state index contributed by atoms with van der Waals surface area (Å²) in [4.78, 5) is 2.33. The van der Waals surface area contributed by atoms with Crippen molar-refractivity contribution in [3.63, 3.8) is 0 Å². The molecule has 2 aliphatic rings. The highest BCUT2D eigenvalue weighted by Gasteiger charge is 2.33. The Bertz CT molecular complexity index is 506. The molecule has 5 nitrogen and oxygen atoms in total. The molecule has 2 saturated heterocycles. The molecular weight excluding hydrogens is 356 g/mol. The number of ether oxygens (including phenoxy) is 1. The number of piperazine rings is 1. The van der Waals surface area contributed by atoms with E-state index in [1.807, 2.05) is 0 Å². The Morgan fingerprint density at radius 2 is 1.83 bits per heavy atom. The molecule has 0 saturated carbocycles. The lowest BCUT2D eigenvalue weighted by Crippen LogP contribution is -2.47. The summed E-state index contributed by atoms with van der Waals surface area (Å²) in [6.45, 7) is 5.03. The number of nitrogens with zero attached hydrogens (tertiary/aromatic N) is 1. The topological polar surface area (TPSA) is 70.8 Å². The first-order chi connectivity index (χ1) is 10.7. The number of phenolic OH excluding ortho intramolecular Hbond substituents is 1. The average Bonchev–Trinajstić information content (AvgIpc) is 2.54. The van der Waals surface area contributed by atoms with Crippen LogP contribution >= 0.6 is 24.8 Å². The second-order valence-electron chi connectivity index (χ2n) is 6.11. The molecule has 138 valence electrons. The number of benzene rings is 1. The number of halogens is 3. The Hall–Kier alpha value is -0.790. The minimum atomic E-state index is -0.391. The first-order valence-electron chi connectivity index (χ1n) is 7.97. The molecule has 0 unspecified atom stereocenters. The summed E-state index contributed by atoms with van der Waals surface area (Å²) < 4.78 is 19.3. The van der Waals surface area contributed by atoms with Crippen LogP contribution in [0.1, 0.15) is 24.4 Å². The number of nitrogens with one attached hydrogen (secondary N) is 1. The number of aromatic hydroxyl groups is 1. The van der Waals surface area contributed by atoms with E-state index in [-0.39, 0.29) is 42.3 Å². The molecule has 0 spiro atoms. The van der Waals surface area contributed by atoms with Crippen molar-refractivity contribution < 1.29 is 14.2 Å². The summed E-state index contributed by atoms with van der Waals surface area (Å²) in [5.41, 5.74) is 6.50. The van der Waals surface area contributed by atoms with Gasteiger partial charge in [-0.25, -0.2) is 4.39 Å². The monoisotopic (exact) mass is 381 g/mol. The number of nitrogen functional groups attached to an aromatic ring is 1. The zero-order valence-corrected chi connectivity index (χ0v) is 15.2. The van der Waals surface area contributed by atoms with Gasteiger partial charge in [0.25, 0.3) is 0 Å². The van der Waals surface area contributed by atoms with Gasteiger partial charge in [0.2, 0.25) is 0 Å². The Morgan fingerprint density at radius 1 is 1.21 bits per heavy atom. The number of hydrogen-bond acceptors (Lipinski definition) is 5. The van der Waals surface area contributed by atoms with Crippen LogP contribution in [0.3, 0.4) is 0 Å². The lowest BCUT2D eigenvalue weighted by Gasteiger charge is -2.41. The van der Waals surface area contributed by atoms with E-state index in [4.69, 9.17) is 10.5 Å². The van der Waals surface area contributed by atoms with Gasteiger partial charge in [0.15, 0.2) is 0 Å². The van der Waals surface area contributed by atoms with E-state index in [0.29, 0.717) is 11.5 Å². The van der Waals surface area contributed by atoms with E-state index in [2.05, 4.69) is 10.2 Å². The quantitative estimate of drug-likeness (QED) is 0.553. The Morgan fingerprint density at radius 3 is 2.46 bits per heavy atom. The van der Waals surface area contributed by atoms with Gasteiger partial charge < -0.3 is 20.9 Å². The van der Waals surface area contributed by atoms with Gasteiger partial charge >= 0.3 is 0 Å². The van der Waals surface area contributed by atoms with Gasteiger partial charge in [-0.15, -0.1) is 24.8 Å². The first-order valence-corrected chi connectivity index (χ1v) is 7.97. The van der Waals surface area contributed by atoms with E-state index < -0.39 is 5.82 Å². The molecule has 2 aliphatic heterocycles. The highest BCUT2D eigenvalue weighted by Crippen LogP contribution is 2.41. The first kappa shape index (κ1) is 21.3. The zero-order valence-electron chi connectivity index (χ0n) is 13.5. The fourth-order valence-electron chi connectivity index (χ4n) is 3.61. The molecule has 0 bridgehead atoms. The molecule has 3 rings (SSSR count). The maximum absolute atomic E-state index is 13.9. The molecule has 8 heteroatoms. The molecule has 0 amide bonds. The van der Waals surface area contributed by atoms with Crippen molar-refractivity contribution in [3.05, 3.63) is 23.5 Å². The van der Waals surface area contributed by atoms with Crippen molar-refractivity contribution in [2.24, 2.45) is 5.92 Å². The third kappa shape index (κ3) is 4.64. The van der Waals surface area contributed by atoms with Crippen molar-refractivity contribution in [1.29, 1.82) is 0 Å². The van der Waals surface area contributed by atoms with Crippen LogP contribution in [0.15, 0.2) is 12.1 Å².